The van der Waals surface area contributed by atoms with Crippen LogP contribution in [-0.2, 0) is 0 Å². The maximum absolute atomic E-state index is 10.4. The molecule has 0 aliphatic carbocycles. The fourth-order valence-corrected chi connectivity index (χ4v) is 1.54. The summed E-state index contributed by atoms with van der Waals surface area (Å²) in [6.45, 7) is 0. The van der Waals surface area contributed by atoms with Gasteiger partial charge in [0.1, 0.15) is 5.69 Å². The molecule has 0 aliphatic rings. The van der Waals surface area contributed by atoms with Crippen molar-refractivity contribution in [3.8, 4) is 12.3 Å². The van der Waals surface area contributed by atoms with Crippen LogP contribution < -0.4 is 5.73 Å². The van der Waals surface area contributed by atoms with Gasteiger partial charge in [0.2, 0.25) is 0 Å². The Bertz CT molecular complexity index is 398. The number of nitrogen functional groups attached to an aromatic ring is 1. The Kier molecular flexibility index (Phi) is 3.37. The highest BCUT2D eigenvalue weighted by atomic mass is 32.2. The van der Waals surface area contributed by atoms with E-state index in [1.165, 1.54) is 17.8 Å². The zero-order chi connectivity index (χ0) is 10.6. The van der Waals surface area contributed by atoms with Crippen LogP contribution in [0.3, 0.4) is 0 Å². The second-order valence-corrected chi connectivity index (χ2v) is 3.52. The molecule has 0 saturated heterocycles. The molecule has 0 fully saturated rings. The second-order valence-electron chi connectivity index (χ2n) is 2.47. The van der Waals surface area contributed by atoms with Gasteiger partial charge in [0.15, 0.2) is 0 Å². The van der Waals surface area contributed by atoms with Gasteiger partial charge >= 0.3 is 0 Å². The molecule has 0 aromatic heterocycles. The largest absolute Gasteiger partial charge is 0.393 e. The Labute approximate surface area is 85.6 Å². The summed E-state index contributed by atoms with van der Waals surface area (Å²) in [5.74, 6) is 2.99. The first-order valence-corrected chi connectivity index (χ1v) is 4.74. The van der Waals surface area contributed by atoms with Crippen molar-refractivity contribution in [3.63, 3.8) is 0 Å². The maximum Gasteiger partial charge on any atom is 0.292 e. The van der Waals surface area contributed by atoms with E-state index < -0.39 is 4.92 Å². The molecule has 0 radical (unpaired) electrons. The molecular formula is C9H8N2O2S. The molecular weight excluding hydrogens is 200 g/mol. The number of thioether (sulfide) groups is 1. The van der Waals surface area contributed by atoms with Gasteiger partial charge in [0.25, 0.3) is 5.69 Å². The Morgan fingerprint density at radius 3 is 2.86 bits per heavy atom. The number of nitro groups is 1. The van der Waals surface area contributed by atoms with Crippen LogP contribution in [0.4, 0.5) is 11.4 Å². The van der Waals surface area contributed by atoms with Gasteiger partial charge < -0.3 is 5.73 Å². The number of rotatable bonds is 3. The maximum atomic E-state index is 10.4. The number of anilines is 1. The van der Waals surface area contributed by atoms with E-state index in [0.29, 0.717) is 5.75 Å². The van der Waals surface area contributed by atoms with E-state index in [4.69, 9.17) is 12.2 Å². The predicted molar refractivity (Wildman–Crippen MR) is 57.1 cm³/mol. The highest BCUT2D eigenvalue weighted by Crippen LogP contribution is 2.27. The first-order chi connectivity index (χ1) is 6.65. The van der Waals surface area contributed by atoms with Crippen molar-refractivity contribution in [1.82, 2.24) is 0 Å². The summed E-state index contributed by atoms with van der Waals surface area (Å²) in [4.78, 5) is 10.8. The number of nitrogens with zero attached hydrogens (tertiary/aromatic N) is 1. The number of nitrogens with two attached hydrogens (primary N) is 1. The monoisotopic (exact) mass is 208 g/mol. The molecule has 1 rings (SSSR count). The topological polar surface area (TPSA) is 69.2 Å². The lowest BCUT2D eigenvalue weighted by atomic mass is 10.3. The number of hydrogen-bond acceptors (Lipinski definition) is 4. The molecule has 0 saturated carbocycles. The van der Waals surface area contributed by atoms with Crippen molar-refractivity contribution >= 4 is 23.1 Å². The summed E-state index contributed by atoms with van der Waals surface area (Å²) in [5, 5.41) is 10.4. The van der Waals surface area contributed by atoms with Gasteiger partial charge in [-0.3, -0.25) is 10.1 Å². The van der Waals surface area contributed by atoms with Crippen molar-refractivity contribution < 1.29 is 4.92 Å². The number of benzene rings is 1. The molecule has 0 unspecified atom stereocenters. The van der Waals surface area contributed by atoms with Crippen molar-refractivity contribution in [3.05, 3.63) is 28.3 Å². The average Bonchev–Trinajstić information content (AvgIpc) is 2.14. The van der Waals surface area contributed by atoms with E-state index in [-0.39, 0.29) is 11.4 Å². The summed E-state index contributed by atoms with van der Waals surface area (Å²) in [5.41, 5.74) is 5.58. The lowest BCUT2D eigenvalue weighted by Gasteiger charge is -2.00. The molecule has 0 heterocycles. The van der Waals surface area contributed by atoms with Crippen LogP contribution in [0.5, 0.6) is 0 Å². The molecule has 2 N–H and O–H groups in total. The Hall–Kier alpha value is -1.67. The quantitative estimate of drug-likeness (QED) is 0.271. The van der Waals surface area contributed by atoms with Crippen molar-refractivity contribution in [2.75, 3.05) is 11.5 Å². The van der Waals surface area contributed by atoms with Crippen LogP contribution in [0.15, 0.2) is 23.1 Å². The summed E-state index contributed by atoms with van der Waals surface area (Å²) in [6, 6.07) is 4.57. The van der Waals surface area contributed by atoms with Crippen LogP contribution >= 0.6 is 11.8 Å². The van der Waals surface area contributed by atoms with Gasteiger partial charge in [-0.05, 0) is 12.1 Å². The normalized spacial score (nSPS) is 9.36. The van der Waals surface area contributed by atoms with E-state index >= 15 is 0 Å². The van der Waals surface area contributed by atoms with Crippen LogP contribution in [0, 0.1) is 22.5 Å². The fraction of sp³-hybridized carbons (Fsp3) is 0.111. The smallest absolute Gasteiger partial charge is 0.292 e. The third-order valence-corrected chi connectivity index (χ3v) is 2.42. The molecule has 0 aliphatic heterocycles. The molecule has 1 aromatic carbocycles. The molecule has 0 amide bonds. The van der Waals surface area contributed by atoms with Crippen molar-refractivity contribution in [1.29, 1.82) is 0 Å². The predicted octanol–water partition coefficient (Wildman–Crippen LogP) is 1.90. The van der Waals surface area contributed by atoms with Gasteiger partial charge in [-0.2, -0.15) is 0 Å². The minimum atomic E-state index is -0.509. The van der Waals surface area contributed by atoms with Crippen molar-refractivity contribution in [2.45, 2.75) is 4.90 Å². The molecule has 0 atom stereocenters. The van der Waals surface area contributed by atoms with E-state index in [1.807, 2.05) is 0 Å². The second kappa shape index (κ2) is 4.53. The SMILES string of the molecule is C#CCSc1ccc([N+](=O)[O-])c(N)c1. The molecule has 4 nitrogen and oxygen atoms in total. The summed E-state index contributed by atoms with van der Waals surface area (Å²) >= 11 is 1.42. The van der Waals surface area contributed by atoms with E-state index in [0.717, 1.165) is 4.90 Å². The molecule has 14 heavy (non-hydrogen) atoms. The number of terminal acetylenes is 1. The highest BCUT2D eigenvalue weighted by Gasteiger charge is 2.10. The van der Waals surface area contributed by atoms with E-state index in [2.05, 4.69) is 5.92 Å². The van der Waals surface area contributed by atoms with Gasteiger partial charge in [-0.25, -0.2) is 0 Å². The van der Waals surface area contributed by atoms with Crippen LogP contribution in [-0.4, -0.2) is 10.7 Å². The van der Waals surface area contributed by atoms with E-state index in [1.54, 1.807) is 12.1 Å². The minimum absolute atomic E-state index is 0.0740. The minimum Gasteiger partial charge on any atom is -0.393 e. The zero-order valence-electron chi connectivity index (χ0n) is 7.27. The summed E-state index contributed by atoms with van der Waals surface area (Å²) < 4.78 is 0. The van der Waals surface area contributed by atoms with Crippen LogP contribution in [0.25, 0.3) is 0 Å². The molecule has 0 spiro atoms. The van der Waals surface area contributed by atoms with Gasteiger partial charge in [-0.1, -0.05) is 5.92 Å². The summed E-state index contributed by atoms with van der Waals surface area (Å²) in [7, 11) is 0. The summed E-state index contributed by atoms with van der Waals surface area (Å²) in [6.07, 6.45) is 5.08. The Morgan fingerprint density at radius 1 is 1.64 bits per heavy atom. The number of nitro benzene ring substituents is 1. The van der Waals surface area contributed by atoms with Crippen molar-refractivity contribution in [2.24, 2.45) is 0 Å². The molecule has 72 valence electrons. The Morgan fingerprint density at radius 2 is 2.36 bits per heavy atom. The van der Waals surface area contributed by atoms with Gasteiger partial charge in [0.05, 0.1) is 10.7 Å². The van der Waals surface area contributed by atoms with E-state index in [9.17, 15) is 10.1 Å². The standard InChI is InChI=1S/C9H8N2O2S/c1-2-5-14-7-3-4-9(11(12)13)8(10)6-7/h1,3-4,6H,5,10H2. The molecule has 5 heteroatoms. The third-order valence-electron chi connectivity index (χ3n) is 1.52. The molecule has 1 aromatic rings. The number of hydrogen-bond donors (Lipinski definition) is 1. The first kappa shape index (κ1) is 10.4. The first-order valence-electron chi connectivity index (χ1n) is 3.75. The van der Waals surface area contributed by atoms with Gasteiger partial charge in [-0.15, -0.1) is 18.2 Å². The van der Waals surface area contributed by atoms with Crippen LogP contribution in [0.2, 0.25) is 0 Å². The third kappa shape index (κ3) is 2.41. The fourth-order valence-electron chi connectivity index (χ4n) is 0.914. The zero-order valence-corrected chi connectivity index (χ0v) is 8.08. The molecule has 0 bridgehead atoms. The lowest BCUT2D eigenvalue weighted by molar-refractivity contribution is -0.383. The highest BCUT2D eigenvalue weighted by molar-refractivity contribution is 7.99. The van der Waals surface area contributed by atoms with Crippen LogP contribution in [0.1, 0.15) is 0 Å². The average molecular weight is 208 g/mol. The Balaban J connectivity index is 2.90. The lowest BCUT2D eigenvalue weighted by Crippen LogP contribution is -1.95. The van der Waals surface area contributed by atoms with Gasteiger partial charge in [0, 0.05) is 11.0 Å².